The molecule has 1 heterocycles. The second kappa shape index (κ2) is 8.22. The Hall–Kier alpha value is -2.08. The highest BCUT2D eigenvalue weighted by Crippen LogP contribution is 2.25. The summed E-state index contributed by atoms with van der Waals surface area (Å²) < 4.78 is 76.8. The summed E-state index contributed by atoms with van der Waals surface area (Å²) in [6.07, 6.45) is 1.00. The summed E-state index contributed by atoms with van der Waals surface area (Å²) in [6, 6.07) is 5.97. The van der Waals surface area contributed by atoms with Gasteiger partial charge >= 0.3 is 0 Å². The Balaban J connectivity index is 1.78. The monoisotopic (exact) mass is 478 g/mol. The van der Waals surface area contributed by atoms with Gasteiger partial charge < -0.3 is 4.90 Å². The predicted octanol–water partition coefficient (Wildman–Crippen LogP) is 2.17. The first-order valence-electron chi connectivity index (χ1n) is 8.65. The largest absolute Gasteiger partial charge is 0.336 e. The van der Waals surface area contributed by atoms with E-state index in [0.717, 1.165) is 22.7 Å². The molecule has 0 unspecified atom stereocenters. The van der Waals surface area contributed by atoms with E-state index in [2.05, 4.69) is 0 Å². The minimum Gasteiger partial charge on any atom is -0.336 e. The van der Waals surface area contributed by atoms with Gasteiger partial charge in [-0.2, -0.15) is 4.31 Å². The normalized spacial score (nSPS) is 15.9. The molecule has 0 saturated carbocycles. The number of hydrogen-bond acceptors (Lipinski definition) is 5. The maximum atomic E-state index is 13.9. The first-order chi connectivity index (χ1) is 13.9. The zero-order valence-corrected chi connectivity index (χ0v) is 18.1. The second-order valence-corrected chi connectivity index (χ2v) is 11.0. The summed E-state index contributed by atoms with van der Waals surface area (Å²) in [5, 5.41) is 0.0656. The molecule has 30 heavy (non-hydrogen) atoms. The van der Waals surface area contributed by atoms with Gasteiger partial charge in [-0.25, -0.2) is 25.6 Å². The Morgan fingerprint density at radius 1 is 0.967 bits per heavy atom. The van der Waals surface area contributed by atoms with E-state index in [1.165, 1.54) is 23.1 Å². The highest BCUT2D eigenvalue weighted by Gasteiger charge is 2.33. The Kier molecular flexibility index (Phi) is 6.19. The number of benzene rings is 2. The molecular formula is C18H17ClF2N2O5S2. The molecule has 0 aromatic heterocycles. The lowest BCUT2D eigenvalue weighted by atomic mass is 10.2. The van der Waals surface area contributed by atoms with Crippen LogP contribution in [0.2, 0.25) is 5.02 Å². The number of amides is 1. The van der Waals surface area contributed by atoms with Crippen molar-refractivity contribution in [2.75, 3.05) is 32.4 Å². The third kappa shape index (κ3) is 4.48. The fourth-order valence-electron chi connectivity index (χ4n) is 3.02. The van der Waals surface area contributed by atoms with Gasteiger partial charge in [-0.15, -0.1) is 0 Å². The van der Waals surface area contributed by atoms with Crippen LogP contribution in [-0.2, 0) is 19.9 Å². The standard InChI is InChI=1S/C18H17ClF2N2O5S2/c1-29(25,26)13-3-4-15(19)14(11-13)18(24)22-6-8-23(9-7-22)30(27,28)17-5-2-12(20)10-16(17)21/h2-5,10-11H,6-9H2,1H3. The lowest BCUT2D eigenvalue weighted by molar-refractivity contribution is 0.0697. The molecule has 0 aliphatic carbocycles. The molecule has 7 nitrogen and oxygen atoms in total. The fourth-order valence-corrected chi connectivity index (χ4v) is 5.34. The number of sulfonamides is 1. The van der Waals surface area contributed by atoms with Gasteiger partial charge in [-0.3, -0.25) is 4.79 Å². The van der Waals surface area contributed by atoms with Crippen LogP contribution in [0, 0.1) is 11.6 Å². The number of carbonyl (C=O) groups excluding carboxylic acids is 1. The summed E-state index contributed by atoms with van der Waals surface area (Å²) >= 11 is 6.05. The molecule has 2 aromatic rings. The van der Waals surface area contributed by atoms with Crippen LogP contribution in [0.5, 0.6) is 0 Å². The van der Waals surface area contributed by atoms with Crippen molar-refractivity contribution >= 4 is 37.4 Å². The van der Waals surface area contributed by atoms with Gasteiger partial charge in [-0.05, 0) is 30.3 Å². The molecule has 1 saturated heterocycles. The Morgan fingerprint density at radius 2 is 1.60 bits per heavy atom. The molecule has 1 aliphatic heterocycles. The lowest BCUT2D eigenvalue weighted by Gasteiger charge is -2.34. The Morgan fingerprint density at radius 3 is 2.17 bits per heavy atom. The van der Waals surface area contributed by atoms with Gasteiger partial charge in [0.25, 0.3) is 5.91 Å². The molecule has 0 atom stereocenters. The smallest absolute Gasteiger partial charge is 0.255 e. The number of halogens is 3. The molecule has 0 radical (unpaired) electrons. The quantitative estimate of drug-likeness (QED) is 0.671. The zero-order valence-electron chi connectivity index (χ0n) is 15.7. The van der Waals surface area contributed by atoms with Gasteiger partial charge in [0.15, 0.2) is 9.84 Å². The summed E-state index contributed by atoms with van der Waals surface area (Å²) in [7, 11) is -7.76. The number of piperazine rings is 1. The minimum atomic E-state index is -4.21. The number of sulfone groups is 1. The SMILES string of the molecule is CS(=O)(=O)c1ccc(Cl)c(C(=O)N2CCN(S(=O)(=O)c3ccc(F)cc3F)CC2)c1. The van der Waals surface area contributed by atoms with Gasteiger partial charge in [0.05, 0.1) is 15.5 Å². The summed E-state index contributed by atoms with van der Waals surface area (Å²) in [6.45, 7) is -0.261. The maximum Gasteiger partial charge on any atom is 0.255 e. The van der Waals surface area contributed by atoms with Crippen LogP contribution in [0.3, 0.4) is 0 Å². The number of nitrogens with zero attached hydrogens (tertiary/aromatic N) is 2. The van der Waals surface area contributed by atoms with Gasteiger partial charge in [0.2, 0.25) is 10.0 Å². The highest BCUT2D eigenvalue weighted by atomic mass is 35.5. The van der Waals surface area contributed by atoms with Crippen LogP contribution in [0.15, 0.2) is 46.2 Å². The minimum absolute atomic E-state index is 0.0134. The number of hydrogen-bond donors (Lipinski definition) is 0. The van der Waals surface area contributed by atoms with Crippen molar-refractivity contribution in [2.45, 2.75) is 9.79 Å². The van der Waals surface area contributed by atoms with Crippen molar-refractivity contribution in [1.82, 2.24) is 9.21 Å². The second-order valence-electron chi connectivity index (χ2n) is 6.68. The van der Waals surface area contributed by atoms with Crippen molar-refractivity contribution in [2.24, 2.45) is 0 Å². The molecule has 0 spiro atoms. The van der Waals surface area contributed by atoms with E-state index in [1.807, 2.05) is 0 Å². The molecule has 1 fully saturated rings. The van der Waals surface area contributed by atoms with Crippen molar-refractivity contribution in [3.63, 3.8) is 0 Å². The van der Waals surface area contributed by atoms with Crippen molar-refractivity contribution in [3.8, 4) is 0 Å². The van der Waals surface area contributed by atoms with Crippen LogP contribution in [0.4, 0.5) is 8.78 Å². The van der Waals surface area contributed by atoms with Gasteiger partial charge in [0.1, 0.15) is 16.5 Å². The fraction of sp³-hybridized carbons (Fsp3) is 0.278. The van der Waals surface area contributed by atoms with Crippen LogP contribution >= 0.6 is 11.6 Å². The van der Waals surface area contributed by atoms with Gasteiger partial charge in [0, 0.05) is 38.5 Å². The molecule has 162 valence electrons. The highest BCUT2D eigenvalue weighted by molar-refractivity contribution is 7.90. The van der Waals surface area contributed by atoms with E-state index in [-0.39, 0.29) is 41.7 Å². The molecule has 12 heteroatoms. The summed E-state index contributed by atoms with van der Waals surface area (Å²) in [4.78, 5) is 13.4. The topological polar surface area (TPSA) is 91.8 Å². The first kappa shape index (κ1) is 22.6. The van der Waals surface area contributed by atoms with E-state index in [1.54, 1.807) is 0 Å². The molecule has 3 rings (SSSR count). The van der Waals surface area contributed by atoms with Crippen LogP contribution in [-0.4, -0.2) is 64.4 Å². The van der Waals surface area contributed by atoms with Gasteiger partial charge in [-0.1, -0.05) is 11.6 Å². The van der Waals surface area contributed by atoms with Crippen LogP contribution in [0.25, 0.3) is 0 Å². The summed E-state index contributed by atoms with van der Waals surface area (Å²) in [5.41, 5.74) is -0.0134. The van der Waals surface area contributed by atoms with Crippen molar-refractivity contribution in [1.29, 1.82) is 0 Å². The first-order valence-corrected chi connectivity index (χ1v) is 12.4. The average Bonchev–Trinajstić information content (AvgIpc) is 2.66. The predicted molar refractivity (Wildman–Crippen MR) is 106 cm³/mol. The molecular weight excluding hydrogens is 462 g/mol. The molecule has 1 amide bonds. The Labute approximate surface area is 177 Å². The van der Waals surface area contributed by atoms with E-state index in [9.17, 15) is 30.4 Å². The third-order valence-corrected chi connectivity index (χ3v) is 8.01. The molecule has 1 aliphatic rings. The third-order valence-electron chi connectivity index (χ3n) is 4.63. The lowest BCUT2D eigenvalue weighted by Crippen LogP contribution is -2.50. The zero-order chi connectivity index (χ0) is 22.3. The Bertz CT molecular complexity index is 1210. The maximum absolute atomic E-state index is 13.9. The van der Waals surface area contributed by atoms with E-state index in [4.69, 9.17) is 11.6 Å². The van der Waals surface area contributed by atoms with Crippen LogP contribution < -0.4 is 0 Å². The molecule has 0 N–H and O–H groups in total. The van der Waals surface area contributed by atoms with Crippen molar-refractivity contribution in [3.05, 3.63) is 58.6 Å². The van der Waals surface area contributed by atoms with E-state index in [0.29, 0.717) is 6.07 Å². The average molecular weight is 479 g/mol. The van der Waals surface area contributed by atoms with Crippen LogP contribution in [0.1, 0.15) is 10.4 Å². The molecule has 2 aromatic carbocycles. The van der Waals surface area contributed by atoms with E-state index >= 15 is 0 Å². The number of rotatable bonds is 4. The van der Waals surface area contributed by atoms with Crippen molar-refractivity contribution < 1.29 is 30.4 Å². The van der Waals surface area contributed by atoms with E-state index < -0.39 is 42.3 Å². The molecule has 0 bridgehead atoms. The summed E-state index contributed by atoms with van der Waals surface area (Å²) in [5.74, 6) is -2.64. The number of carbonyl (C=O) groups is 1.